The molecule has 0 unspecified atom stereocenters. The van der Waals surface area contributed by atoms with E-state index in [-0.39, 0.29) is 23.1 Å². The molecular formula is C21H24N2O5S. The van der Waals surface area contributed by atoms with Crippen LogP contribution in [-0.4, -0.2) is 50.5 Å². The lowest BCUT2D eigenvalue weighted by molar-refractivity contribution is -0.111. The van der Waals surface area contributed by atoms with Crippen molar-refractivity contribution >= 4 is 40.2 Å². The monoisotopic (exact) mass is 416 g/mol. The van der Waals surface area contributed by atoms with E-state index < -0.39 is 11.9 Å². The number of hydrogen-bond acceptors (Lipinski definition) is 6. The minimum absolute atomic E-state index is 0.190. The number of rotatable bonds is 7. The van der Waals surface area contributed by atoms with Crippen LogP contribution in [-0.2, 0) is 9.53 Å². The molecule has 0 aliphatic rings. The van der Waals surface area contributed by atoms with Gasteiger partial charge in [0, 0.05) is 20.2 Å². The van der Waals surface area contributed by atoms with Gasteiger partial charge < -0.3 is 19.7 Å². The first-order valence-electron chi connectivity index (χ1n) is 8.93. The number of esters is 1. The van der Waals surface area contributed by atoms with Crippen molar-refractivity contribution in [2.24, 2.45) is 0 Å². The molecule has 2 amide bonds. The number of thiophene rings is 1. The van der Waals surface area contributed by atoms with Crippen molar-refractivity contribution in [2.45, 2.75) is 13.8 Å². The highest BCUT2D eigenvalue weighted by atomic mass is 32.1. The molecule has 0 atom stereocenters. The van der Waals surface area contributed by atoms with Crippen LogP contribution in [0.1, 0.15) is 38.1 Å². The number of carbonyl (C=O) groups is 3. The van der Waals surface area contributed by atoms with E-state index in [1.165, 1.54) is 11.0 Å². The lowest BCUT2D eigenvalue weighted by Crippen LogP contribution is -2.21. The summed E-state index contributed by atoms with van der Waals surface area (Å²) in [5.74, 6) is -0.518. The van der Waals surface area contributed by atoms with Crippen molar-refractivity contribution in [1.29, 1.82) is 0 Å². The number of amides is 2. The summed E-state index contributed by atoms with van der Waals surface area (Å²) in [5.41, 5.74) is 1.51. The average Bonchev–Trinajstić information content (AvgIpc) is 3.01. The van der Waals surface area contributed by atoms with E-state index in [1.807, 2.05) is 12.1 Å². The summed E-state index contributed by atoms with van der Waals surface area (Å²) >= 11 is 1.06. The fraction of sp³-hybridized carbons (Fsp3) is 0.286. The van der Waals surface area contributed by atoms with Crippen LogP contribution < -0.4 is 10.1 Å². The molecular weight excluding hydrogens is 392 g/mol. The van der Waals surface area contributed by atoms with Crippen molar-refractivity contribution in [1.82, 2.24) is 4.90 Å². The lowest BCUT2D eigenvalue weighted by Gasteiger charge is -2.09. The Balaban J connectivity index is 2.28. The number of nitrogens with one attached hydrogen (secondary N) is 1. The van der Waals surface area contributed by atoms with Crippen LogP contribution in [0.5, 0.6) is 5.75 Å². The zero-order chi connectivity index (χ0) is 21.6. The molecule has 7 nitrogen and oxygen atoms in total. The molecule has 2 rings (SSSR count). The van der Waals surface area contributed by atoms with E-state index in [0.29, 0.717) is 10.4 Å². The Hall–Kier alpha value is -3.13. The predicted octanol–water partition coefficient (Wildman–Crippen LogP) is 3.60. The highest BCUT2D eigenvalue weighted by molar-refractivity contribution is 7.18. The van der Waals surface area contributed by atoms with Crippen LogP contribution in [0.4, 0.5) is 5.00 Å². The molecule has 8 heteroatoms. The Kier molecular flexibility index (Phi) is 7.55. The molecule has 0 aliphatic heterocycles. The number of benzene rings is 1. The van der Waals surface area contributed by atoms with Crippen molar-refractivity contribution in [3.8, 4) is 5.75 Å². The molecule has 1 aromatic heterocycles. The van der Waals surface area contributed by atoms with Gasteiger partial charge in [0.25, 0.3) is 5.91 Å². The molecule has 0 saturated carbocycles. The van der Waals surface area contributed by atoms with E-state index in [0.717, 1.165) is 22.6 Å². The van der Waals surface area contributed by atoms with Gasteiger partial charge in [0.15, 0.2) is 0 Å². The predicted molar refractivity (Wildman–Crippen MR) is 114 cm³/mol. The fourth-order valence-corrected chi connectivity index (χ4v) is 3.72. The zero-order valence-electron chi connectivity index (χ0n) is 17.1. The molecule has 29 heavy (non-hydrogen) atoms. The molecule has 0 saturated heterocycles. The van der Waals surface area contributed by atoms with Crippen LogP contribution >= 0.6 is 11.3 Å². The summed E-state index contributed by atoms with van der Waals surface area (Å²) in [7, 11) is 4.83. The summed E-state index contributed by atoms with van der Waals surface area (Å²) < 4.78 is 10.2. The minimum Gasteiger partial charge on any atom is -0.497 e. The smallest absolute Gasteiger partial charge is 0.341 e. The second kappa shape index (κ2) is 9.88. The van der Waals surface area contributed by atoms with Gasteiger partial charge in [0.2, 0.25) is 5.91 Å². The van der Waals surface area contributed by atoms with E-state index in [1.54, 1.807) is 53.3 Å². The lowest BCUT2D eigenvalue weighted by atomic mass is 10.1. The Morgan fingerprint density at radius 3 is 2.38 bits per heavy atom. The van der Waals surface area contributed by atoms with Gasteiger partial charge in [-0.25, -0.2) is 4.79 Å². The van der Waals surface area contributed by atoms with Crippen LogP contribution in [0.3, 0.4) is 0 Å². The van der Waals surface area contributed by atoms with Crippen LogP contribution in [0.2, 0.25) is 0 Å². The molecule has 2 aromatic rings. The van der Waals surface area contributed by atoms with Gasteiger partial charge in [0.05, 0.1) is 24.2 Å². The van der Waals surface area contributed by atoms with Gasteiger partial charge in [-0.05, 0) is 43.2 Å². The Labute approximate surface area is 173 Å². The van der Waals surface area contributed by atoms with Crippen LogP contribution in [0, 0.1) is 6.92 Å². The van der Waals surface area contributed by atoms with Crippen molar-refractivity contribution in [2.75, 3.05) is 33.1 Å². The van der Waals surface area contributed by atoms with E-state index in [4.69, 9.17) is 9.47 Å². The third-order valence-corrected chi connectivity index (χ3v) is 5.20. The second-order valence-corrected chi connectivity index (χ2v) is 7.30. The maximum Gasteiger partial charge on any atom is 0.341 e. The molecule has 0 spiro atoms. The van der Waals surface area contributed by atoms with E-state index in [9.17, 15) is 14.4 Å². The first-order valence-corrected chi connectivity index (χ1v) is 9.75. The third-order valence-electron chi connectivity index (χ3n) is 4.01. The second-order valence-electron chi connectivity index (χ2n) is 6.28. The highest BCUT2D eigenvalue weighted by Crippen LogP contribution is 2.34. The maximum atomic E-state index is 12.4. The standard InChI is InChI=1S/C21H24N2O5S/c1-6-28-21(26)17-13(2)18(20(25)23(3)4)29-19(17)22-16(24)12-9-14-7-10-15(27-5)11-8-14/h7-12H,6H2,1-5H3,(H,22,24)/b12-9+. The molecule has 0 radical (unpaired) electrons. The molecule has 1 N–H and O–H groups in total. The Bertz CT molecular complexity index is 929. The minimum atomic E-state index is -0.575. The fourth-order valence-electron chi connectivity index (χ4n) is 2.50. The van der Waals surface area contributed by atoms with Gasteiger partial charge in [-0.15, -0.1) is 11.3 Å². The zero-order valence-corrected chi connectivity index (χ0v) is 17.9. The van der Waals surface area contributed by atoms with Gasteiger partial charge in [-0.3, -0.25) is 9.59 Å². The average molecular weight is 416 g/mol. The van der Waals surface area contributed by atoms with Gasteiger partial charge in [0.1, 0.15) is 10.8 Å². The molecule has 0 fully saturated rings. The van der Waals surface area contributed by atoms with Crippen molar-refractivity contribution < 1.29 is 23.9 Å². The molecule has 1 heterocycles. The van der Waals surface area contributed by atoms with Crippen molar-refractivity contribution in [3.63, 3.8) is 0 Å². The number of methoxy groups -OCH3 is 1. The quantitative estimate of drug-likeness (QED) is 0.551. The van der Waals surface area contributed by atoms with Crippen molar-refractivity contribution in [3.05, 3.63) is 51.9 Å². The van der Waals surface area contributed by atoms with E-state index >= 15 is 0 Å². The summed E-state index contributed by atoms with van der Waals surface area (Å²) in [4.78, 5) is 39.0. The number of carbonyl (C=O) groups excluding carboxylic acids is 3. The van der Waals surface area contributed by atoms with Gasteiger partial charge in [-0.1, -0.05) is 12.1 Å². The molecule has 0 aliphatic carbocycles. The first kappa shape index (κ1) is 22.2. The number of hydrogen-bond donors (Lipinski definition) is 1. The van der Waals surface area contributed by atoms with E-state index in [2.05, 4.69) is 5.32 Å². The third kappa shape index (κ3) is 5.45. The summed E-state index contributed by atoms with van der Waals surface area (Å²) in [6.07, 6.45) is 3.00. The molecule has 0 bridgehead atoms. The largest absolute Gasteiger partial charge is 0.497 e. The first-order chi connectivity index (χ1) is 13.8. The van der Waals surface area contributed by atoms with Crippen LogP contribution in [0.15, 0.2) is 30.3 Å². The SMILES string of the molecule is CCOC(=O)c1c(NC(=O)/C=C/c2ccc(OC)cc2)sc(C(=O)N(C)C)c1C. The Morgan fingerprint density at radius 2 is 1.83 bits per heavy atom. The summed E-state index contributed by atoms with van der Waals surface area (Å²) in [5, 5.41) is 2.98. The topological polar surface area (TPSA) is 84.9 Å². The number of anilines is 1. The number of ether oxygens (including phenoxy) is 2. The van der Waals surface area contributed by atoms with Gasteiger partial charge in [-0.2, -0.15) is 0 Å². The summed E-state index contributed by atoms with van der Waals surface area (Å²) in [6.45, 7) is 3.56. The summed E-state index contributed by atoms with van der Waals surface area (Å²) in [6, 6.07) is 7.21. The highest BCUT2D eigenvalue weighted by Gasteiger charge is 2.27. The molecule has 1 aromatic carbocycles. The Morgan fingerprint density at radius 1 is 1.17 bits per heavy atom. The normalized spacial score (nSPS) is 10.7. The van der Waals surface area contributed by atoms with Gasteiger partial charge >= 0.3 is 5.97 Å². The number of nitrogens with zero attached hydrogens (tertiary/aromatic N) is 1. The maximum absolute atomic E-state index is 12.4. The van der Waals surface area contributed by atoms with Crippen LogP contribution in [0.25, 0.3) is 6.08 Å². The molecule has 154 valence electrons.